The monoisotopic (exact) mass is 315 g/mol. The van der Waals surface area contributed by atoms with Gasteiger partial charge in [-0.3, -0.25) is 9.78 Å². The molecule has 2 aromatic heterocycles. The second-order valence-corrected chi connectivity index (χ2v) is 5.87. The molecule has 0 fully saturated rings. The molecule has 0 amide bonds. The summed E-state index contributed by atoms with van der Waals surface area (Å²) in [6.45, 7) is 3.96. The first-order chi connectivity index (χ1) is 11.7. The fourth-order valence-corrected chi connectivity index (χ4v) is 3.23. The van der Waals surface area contributed by atoms with E-state index in [4.69, 9.17) is 0 Å². The van der Waals surface area contributed by atoms with Crippen molar-refractivity contribution in [2.45, 2.75) is 20.3 Å². The van der Waals surface area contributed by atoms with Crippen LogP contribution in [0.5, 0.6) is 0 Å². The lowest BCUT2D eigenvalue weighted by atomic mass is 9.95. The number of fused-ring (bicyclic) bond motifs is 2. The number of rotatable bonds is 2. The third-order valence-electron chi connectivity index (χ3n) is 4.46. The van der Waals surface area contributed by atoms with Gasteiger partial charge in [-0.1, -0.05) is 31.2 Å². The molecular weight excluding hydrogens is 298 g/mol. The number of aromatic nitrogens is 3. The van der Waals surface area contributed by atoms with Crippen LogP contribution in [0, 0.1) is 6.92 Å². The molecule has 0 aliphatic heterocycles. The van der Waals surface area contributed by atoms with E-state index in [1.165, 1.54) is 0 Å². The molecule has 118 valence electrons. The van der Waals surface area contributed by atoms with Gasteiger partial charge in [0.25, 0.3) is 5.56 Å². The van der Waals surface area contributed by atoms with Crippen molar-refractivity contribution in [3.8, 4) is 11.1 Å². The maximum absolute atomic E-state index is 12.5. The van der Waals surface area contributed by atoms with Crippen molar-refractivity contribution in [3.05, 3.63) is 70.4 Å². The Morgan fingerprint density at radius 1 is 1.00 bits per heavy atom. The van der Waals surface area contributed by atoms with Crippen LogP contribution in [0.15, 0.2) is 53.5 Å². The van der Waals surface area contributed by atoms with E-state index in [-0.39, 0.29) is 5.56 Å². The molecule has 0 aliphatic carbocycles. The molecule has 2 heterocycles. The summed E-state index contributed by atoms with van der Waals surface area (Å²) in [5.74, 6) is 0.717. The quantitative estimate of drug-likeness (QED) is 0.608. The molecule has 24 heavy (non-hydrogen) atoms. The summed E-state index contributed by atoms with van der Waals surface area (Å²) in [5, 5.41) is 1.74. The van der Waals surface area contributed by atoms with E-state index in [9.17, 15) is 4.79 Å². The van der Waals surface area contributed by atoms with Crippen LogP contribution in [-0.2, 0) is 6.42 Å². The largest absolute Gasteiger partial charge is 0.310 e. The minimum Gasteiger partial charge on any atom is -0.310 e. The minimum absolute atomic E-state index is 0.0745. The van der Waals surface area contributed by atoms with Gasteiger partial charge in [0.2, 0.25) is 0 Å². The third kappa shape index (κ3) is 2.19. The van der Waals surface area contributed by atoms with Crippen LogP contribution < -0.4 is 5.56 Å². The molecule has 4 aromatic rings. The average molecular weight is 315 g/mol. The van der Waals surface area contributed by atoms with Crippen molar-refractivity contribution in [2.75, 3.05) is 0 Å². The normalized spacial score (nSPS) is 11.2. The van der Waals surface area contributed by atoms with Crippen LogP contribution in [0.2, 0.25) is 0 Å². The number of nitrogens with one attached hydrogen (secondary N) is 1. The Balaban J connectivity index is 2.06. The number of benzene rings is 2. The first-order valence-corrected chi connectivity index (χ1v) is 8.05. The Bertz CT molecular complexity index is 1120. The highest BCUT2D eigenvalue weighted by Gasteiger charge is 2.13. The predicted octanol–water partition coefficient (Wildman–Crippen LogP) is 4.01. The fraction of sp³-hybridized carbons (Fsp3) is 0.150. The van der Waals surface area contributed by atoms with Crippen molar-refractivity contribution in [1.29, 1.82) is 0 Å². The van der Waals surface area contributed by atoms with Crippen LogP contribution in [0.25, 0.3) is 32.9 Å². The van der Waals surface area contributed by atoms with Crippen LogP contribution in [0.1, 0.15) is 18.3 Å². The molecule has 0 bridgehead atoms. The molecule has 2 aromatic carbocycles. The molecule has 0 saturated carbocycles. The lowest BCUT2D eigenvalue weighted by Gasteiger charge is -2.11. The van der Waals surface area contributed by atoms with Gasteiger partial charge in [-0.25, -0.2) is 4.98 Å². The van der Waals surface area contributed by atoms with Gasteiger partial charge in [-0.15, -0.1) is 0 Å². The van der Waals surface area contributed by atoms with E-state index in [1.807, 2.05) is 56.4 Å². The van der Waals surface area contributed by atoms with Gasteiger partial charge < -0.3 is 4.98 Å². The van der Waals surface area contributed by atoms with Crippen LogP contribution in [0.4, 0.5) is 0 Å². The Morgan fingerprint density at radius 2 is 1.83 bits per heavy atom. The summed E-state index contributed by atoms with van der Waals surface area (Å²) in [4.78, 5) is 24.4. The molecule has 4 rings (SSSR count). The van der Waals surface area contributed by atoms with Crippen molar-refractivity contribution in [1.82, 2.24) is 15.0 Å². The van der Waals surface area contributed by atoms with E-state index in [2.05, 4.69) is 21.0 Å². The summed E-state index contributed by atoms with van der Waals surface area (Å²) in [6.07, 6.45) is 2.52. The summed E-state index contributed by atoms with van der Waals surface area (Å²) in [5.41, 5.74) is 4.68. The van der Waals surface area contributed by atoms with Crippen molar-refractivity contribution in [2.24, 2.45) is 0 Å². The average Bonchev–Trinajstić information content (AvgIpc) is 2.61. The maximum Gasteiger partial charge on any atom is 0.259 e. The number of pyridine rings is 1. The Kier molecular flexibility index (Phi) is 3.38. The lowest BCUT2D eigenvalue weighted by molar-refractivity contribution is 0.943. The molecule has 4 nitrogen and oxygen atoms in total. The van der Waals surface area contributed by atoms with Crippen LogP contribution in [0.3, 0.4) is 0 Å². The minimum atomic E-state index is -0.0745. The summed E-state index contributed by atoms with van der Waals surface area (Å²) in [7, 11) is 0. The number of hydrogen-bond acceptors (Lipinski definition) is 3. The van der Waals surface area contributed by atoms with E-state index >= 15 is 0 Å². The second-order valence-electron chi connectivity index (χ2n) is 5.87. The standard InChI is InChI=1S/C20H17N3O/c1-3-18-22-17-9-8-13(12(2)19(17)20(24)23-18)14-10-11-21-16-7-5-4-6-15(14)16/h4-11H,3H2,1-2H3,(H,22,23,24). The Morgan fingerprint density at radius 3 is 2.67 bits per heavy atom. The first kappa shape index (κ1) is 14.6. The van der Waals surface area contributed by atoms with E-state index in [1.54, 1.807) is 0 Å². The molecular formula is C20H17N3O. The molecule has 0 saturated heterocycles. The van der Waals surface area contributed by atoms with Gasteiger partial charge in [-0.05, 0) is 41.8 Å². The Labute approximate surface area is 139 Å². The molecule has 0 radical (unpaired) electrons. The lowest BCUT2D eigenvalue weighted by Crippen LogP contribution is -2.13. The number of nitrogens with zero attached hydrogens (tertiary/aromatic N) is 2. The third-order valence-corrected chi connectivity index (χ3v) is 4.46. The zero-order valence-electron chi connectivity index (χ0n) is 13.6. The summed E-state index contributed by atoms with van der Waals surface area (Å²) >= 11 is 0. The SMILES string of the molecule is CCc1nc2ccc(-c3ccnc4ccccc34)c(C)c2c(=O)[nH]1. The maximum atomic E-state index is 12.5. The van der Waals surface area contributed by atoms with Crippen LogP contribution >= 0.6 is 0 Å². The van der Waals surface area contributed by atoms with Crippen LogP contribution in [-0.4, -0.2) is 15.0 Å². The zero-order chi connectivity index (χ0) is 16.7. The highest BCUT2D eigenvalue weighted by atomic mass is 16.1. The molecule has 0 atom stereocenters. The fourth-order valence-electron chi connectivity index (χ4n) is 3.23. The van der Waals surface area contributed by atoms with Gasteiger partial charge in [0.05, 0.1) is 16.4 Å². The predicted molar refractivity (Wildman–Crippen MR) is 97.2 cm³/mol. The first-order valence-electron chi connectivity index (χ1n) is 8.05. The van der Waals surface area contributed by atoms with Crippen molar-refractivity contribution >= 4 is 21.8 Å². The highest BCUT2D eigenvalue weighted by Crippen LogP contribution is 2.32. The molecule has 0 spiro atoms. The second kappa shape index (κ2) is 5.57. The topological polar surface area (TPSA) is 58.6 Å². The highest BCUT2D eigenvalue weighted by molar-refractivity contribution is 5.98. The zero-order valence-corrected chi connectivity index (χ0v) is 13.6. The number of para-hydroxylation sites is 1. The number of H-pyrrole nitrogens is 1. The number of aryl methyl sites for hydroxylation is 2. The number of hydrogen-bond donors (Lipinski definition) is 1. The summed E-state index contributed by atoms with van der Waals surface area (Å²) < 4.78 is 0. The van der Waals surface area contributed by atoms with Crippen molar-refractivity contribution < 1.29 is 0 Å². The van der Waals surface area contributed by atoms with Gasteiger partial charge in [0.1, 0.15) is 5.82 Å². The van der Waals surface area contributed by atoms with Gasteiger partial charge >= 0.3 is 0 Å². The number of aromatic amines is 1. The van der Waals surface area contributed by atoms with E-state index in [0.717, 1.165) is 33.1 Å². The molecule has 4 heteroatoms. The van der Waals surface area contributed by atoms with E-state index in [0.29, 0.717) is 17.6 Å². The van der Waals surface area contributed by atoms with Gasteiger partial charge in [0, 0.05) is 18.0 Å². The van der Waals surface area contributed by atoms with E-state index < -0.39 is 0 Å². The van der Waals surface area contributed by atoms with Gasteiger partial charge in [0.15, 0.2) is 0 Å². The smallest absolute Gasteiger partial charge is 0.259 e. The molecule has 0 unspecified atom stereocenters. The Hall–Kier alpha value is -3.01. The van der Waals surface area contributed by atoms with Crippen molar-refractivity contribution in [3.63, 3.8) is 0 Å². The van der Waals surface area contributed by atoms with Gasteiger partial charge in [-0.2, -0.15) is 0 Å². The molecule has 0 aliphatic rings. The summed E-state index contributed by atoms with van der Waals surface area (Å²) in [6, 6.07) is 14.0. The molecule has 1 N–H and O–H groups in total.